The first-order valence-electron chi connectivity index (χ1n) is 6.55. The zero-order valence-electron chi connectivity index (χ0n) is 12.4. The van der Waals surface area contributed by atoms with Crippen LogP contribution < -0.4 is 16.4 Å². The molecule has 0 aliphatic heterocycles. The fourth-order valence-corrected chi connectivity index (χ4v) is 2.25. The molecule has 0 aliphatic carbocycles. The van der Waals surface area contributed by atoms with E-state index in [1.807, 2.05) is 26.0 Å². The molecular weight excluding hydrogens is 393 g/mol. The number of rotatable bonds is 6. The van der Waals surface area contributed by atoms with E-state index in [4.69, 9.17) is 17.3 Å². The van der Waals surface area contributed by atoms with Crippen molar-refractivity contribution in [1.29, 1.82) is 0 Å². The Bertz CT molecular complexity index is 527. The topological polar surface area (TPSA) is 84.2 Å². The highest BCUT2D eigenvalue weighted by molar-refractivity contribution is 9.10. The third kappa shape index (κ3) is 6.96. The molecular formula is C14H20BrCl2N3O2. The van der Waals surface area contributed by atoms with Crippen molar-refractivity contribution in [1.82, 2.24) is 10.6 Å². The Balaban J connectivity index is 0.00000441. The van der Waals surface area contributed by atoms with Crippen LogP contribution in [0.4, 0.5) is 0 Å². The van der Waals surface area contributed by atoms with Gasteiger partial charge < -0.3 is 16.4 Å². The Hall–Kier alpha value is -0.820. The van der Waals surface area contributed by atoms with Gasteiger partial charge in [0.2, 0.25) is 11.8 Å². The molecule has 124 valence electrons. The summed E-state index contributed by atoms with van der Waals surface area (Å²) in [5.41, 5.74) is 6.48. The molecule has 5 nitrogen and oxygen atoms in total. The van der Waals surface area contributed by atoms with Crippen LogP contribution in [-0.2, 0) is 16.1 Å². The maximum Gasteiger partial charge on any atom is 0.239 e. The van der Waals surface area contributed by atoms with Crippen molar-refractivity contribution in [3.63, 3.8) is 0 Å². The lowest BCUT2D eigenvalue weighted by Gasteiger charge is -2.15. The molecule has 8 heteroatoms. The third-order valence-electron chi connectivity index (χ3n) is 2.94. The fraction of sp³-hybridized carbons (Fsp3) is 0.429. The van der Waals surface area contributed by atoms with E-state index in [-0.39, 0.29) is 36.7 Å². The lowest BCUT2D eigenvalue weighted by molar-refractivity contribution is -0.127. The number of amides is 2. The van der Waals surface area contributed by atoms with Crippen LogP contribution >= 0.6 is 39.9 Å². The minimum absolute atomic E-state index is 0. The van der Waals surface area contributed by atoms with Gasteiger partial charge in [0.05, 0.1) is 12.6 Å². The average molecular weight is 413 g/mol. The molecule has 0 unspecified atom stereocenters. The monoisotopic (exact) mass is 411 g/mol. The highest BCUT2D eigenvalue weighted by atomic mass is 79.9. The van der Waals surface area contributed by atoms with E-state index in [1.54, 1.807) is 6.07 Å². The second-order valence-electron chi connectivity index (χ2n) is 5.00. The van der Waals surface area contributed by atoms with Gasteiger partial charge in [-0.1, -0.05) is 47.4 Å². The molecule has 0 heterocycles. The van der Waals surface area contributed by atoms with Crippen LogP contribution in [0.1, 0.15) is 19.4 Å². The Morgan fingerprint density at radius 1 is 1.32 bits per heavy atom. The fourth-order valence-electron chi connectivity index (χ4n) is 1.51. The van der Waals surface area contributed by atoms with Crippen molar-refractivity contribution in [2.75, 3.05) is 6.54 Å². The Kier molecular flexibility index (Phi) is 9.67. The summed E-state index contributed by atoms with van der Waals surface area (Å²) in [6.45, 7) is 3.89. The van der Waals surface area contributed by atoms with Crippen LogP contribution in [0.5, 0.6) is 0 Å². The van der Waals surface area contributed by atoms with Crippen LogP contribution in [0.25, 0.3) is 0 Å². The quantitative estimate of drug-likeness (QED) is 0.669. The number of hydrogen-bond donors (Lipinski definition) is 3. The van der Waals surface area contributed by atoms with Crippen LogP contribution in [-0.4, -0.2) is 24.4 Å². The summed E-state index contributed by atoms with van der Waals surface area (Å²) in [4.78, 5) is 23.3. The molecule has 1 rings (SSSR count). The summed E-state index contributed by atoms with van der Waals surface area (Å²) in [6, 6.07) is 4.81. The van der Waals surface area contributed by atoms with Gasteiger partial charge in [-0.05, 0) is 23.6 Å². The highest BCUT2D eigenvalue weighted by Gasteiger charge is 2.17. The van der Waals surface area contributed by atoms with Gasteiger partial charge in [-0.15, -0.1) is 12.4 Å². The molecule has 22 heavy (non-hydrogen) atoms. The molecule has 0 saturated heterocycles. The predicted molar refractivity (Wildman–Crippen MR) is 94.1 cm³/mol. The Labute approximate surface area is 149 Å². The summed E-state index contributed by atoms with van der Waals surface area (Å²) in [5, 5.41) is 5.76. The molecule has 2 amide bonds. The third-order valence-corrected chi connectivity index (χ3v) is 3.78. The van der Waals surface area contributed by atoms with Gasteiger partial charge in [-0.2, -0.15) is 0 Å². The molecule has 0 spiro atoms. The van der Waals surface area contributed by atoms with Gasteiger partial charge in [0.25, 0.3) is 0 Å². The highest BCUT2D eigenvalue weighted by Crippen LogP contribution is 2.20. The van der Waals surface area contributed by atoms with Crippen LogP contribution in [0.3, 0.4) is 0 Å². The van der Waals surface area contributed by atoms with Gasteiger partial charge in [-0.3, -0.25) is 9.59 Å². The lowest BCUT2D eigenvalue weighted by atomic mass is 10.1. The SMILES string of the molecule is CC(C)[C@H](N)C(=O)NCC(=O)NCc1ccc(Br)cc1Cl.Cl. The number of carbonyl (C=O) groups is 2. The normalized spacial score (nSPS) is 11.5. The maximum absolute atomic E-state index is 11.7. The number of nitrogens with two attached hydrogens (primary N) is 1. The zero-order valence-corrected chi connectivity index (χ0v) is 15.5. The molecule has 1 aromatic rings. The number of hydrogen-bond acceptors (Lipinski definition) is 3. The van der Waals surface area contributed by atoms with Crippen LogP contribution in [0, 0.1) is 5.92 Å². The van der Waals surface area contributed by atoms with Crippen molar-refractivity contribution in [3.8, 4) is 0 Å². The predicted octanol–water partition coefficient (Wildman–Crippen LogP) is 2.24. The van der Waals surface area contributed by atoms with E-state index in [0.29, 0.717) is 11.6 Å². The van der Waals surface area contributed by atoms with Gasteiger partial charge in [0, 0.05) is 16.0 Å². The van der Waals surface area contributed by atoms with Gasteiger partial charge >= 0.3 is 0 Å². The van der Waals surface area contributed by atoms with E-state index in [0.717, 1.165) is 10.0 Å². The minimum Gasteiger partial charge on any atom is -0.350 e. The van der Waals surface area contributed by atoms with Crippen LogP contribution in [0.2, 0.25) is 5.02 Å². The summed E-state index contributed by atoms with van der Waals surface area (Å²) >= 11 is 9.36. The number of halogens is 3. The number of carbonyl (C=O) groups excluding carboxylic acids is 2. The first-order chi connectivity index (χ1) is 9.81. The largest absolute Gasteiger partial charge is 0.350 e. The Morgan fingerprint density at radius 3 is 2.50 bits per heavy atom. The summed E-state index contributed by atoms with van der Waals surface area (Å²) < 4.78 is 0.873. The van der Waals surface area contributed by atoms with E-state index in [9.17, 15) is 9.59 Å². The van der Waals surface area contributed by atoms with Gasteiger partial charge in [0.15, 0.2) is 0 Å². The van der Waals surface area contributed by atoms with E-state index >= 15 is 0 Å². The average Bonchev–Trinajstić information content (AvgIpc) is 2.42. The van der Waals surface area contributed by atoms with E-state index in [2.05, 4.69) is 26.6 Å². The van der Waals surface area contributed by atoms with Crippen molar-refractivity contribution in [2.24, 2.45) is 11.7 Å². The van der Waals surface area contributed by atoms with Crippen molar-refractivity contribution in [3.05, 3.63) is 33.3 Å². The molecule has 1 aromatic carbocycles. The first kappa shape index (κ1) is 21.2. The number of nitrogens with one attached hydrogen (secondary N) is 2. The second kappa shape index (κ2) is 10.0. The molecule has 4 N–H and O–H groups in total. The summed E-state index contributed by atoms with van der Waals surface area (Å²) in [7, 11) is 0. The van der Waals surface area contributed by atoms with E-state index < -0.39 is 6.04 Å². The molecule has 0 radical (unpaired) electrons. The minimum atomic E-state index is -0.612. The standard InChI is InChI=1S/C14H19BrClN3O2.ClH/c1-8(2)13(17)14(21)19-7-12(20)18-6-9-3-4-10(15)5-11(9)16;/h3-5,8,13H,6-7,17H2,1-2H3,(H,18,20)(H,19,21);1H/t13-;/m0./s1. The first-order valence-corrected chi connectivity index (χ1v) is 7.72. The molecule has 0 aromatic heterocycles. The smallest absolute Gasteiger partial charge is 0.239 e. The van der Waals surface area contributed by atoms with Crippen molar-refractivity contribution in [2.45, 2.75) is 26.4 Å². The Morgan fingerprint density at radius 2 is 1.95 bits per heavy atom. The maximum atomic E-state index is 11.7. The molecule has 0 aliphatic rings. The molecule has 0 fully saturated rings. The lowest BCUT2D eigenvalue weighted by Crippen LogP contribution is -2.47. The summed E-state index contributed by atoms with van der Waals surface area (Å²) in [6.07, 6.45) is 0. The van der Waals surface area contributed by atoms with Crippen molar-refractivity contribution >= 4 is 51.8 Å². The van der Waals surface area contributed by atoms with E-state index in [1.165, 1.54) is 0 Å². The molecule has 1 atom stereocenters. The summed E-state index contributed by atoms with van der Waals surface area (Å²) in [5.74, 6) is -0.602. The van der Waals surface area contributed by atoms with Gasteiger partial charge in [0.1, 0.15) is 0 Å². The molecule has 0 saturated carbocycles. The second-order valence-corrected chi connectivity index (χ2v) is 6.32. The van der Waals surface area contributed by atoms with Crippen molar-refractivity contribution < 1.29 is 9.59 Å². The zero-order chi connectivity index (χ0) is 16.0. The van der Waals surface area contributed by atoms with Crippen LogP contribution in [0.15, 0.2) is 22.7 Å². The van der Waals surface area contributed by atoms with Gasteiger partial charge in [-0.25, -0.2) is 0 Å². The molecule has 0 bridgehead atoms. The number of benzene rings is 1.